The highest BCUT2D eigenvalue weighted by molar-refractivity contribution is 5.72. The molecular formula is C29H47F4NO12. The molecule has 0 aliphatic heterocycles. The maximum Gasteiger partial charge on any atom is 0.313 e. The zero-order valence-corrected chi connectivity index (χ0v) is 26.1. The van der Waals surface area contributed by atoms with Crippen molar-refractivity contribution >= 4 is 5.97 Å². The summed E-state index contributed by atoms with van der Waals surface area (Å²) in [5.74, 6) is -9.48. The van der Waals surface area contributed by atoms with E-state index in [2.05, 4.69) is 4.74 Å². The number of ether oxygens (including phenoxy) is 11. The largest absolute Gasteiger partial charge is 0.420 e. The van der Waals surface area contributed by atoms with E-state index < -0.39 is 41.4 Å². The molecule has 0 radical (unpaired) electrons. The van der Waals surface area contributed by atoms with E-state index in [0.29, 0.717) is 119 Å². The molecule has 1 aromatic carbocycles. The average molecular weight is 678 g/mol. The molecule has 0 atom stereocenters. The maximum atomic E-state index is 13.5. The van der Waals surface area contributed by atoms with Gasteiger partial charge in [0.25, 0.3) is 0 Å². The monoisotopic (exact) mass is 677 g/mol. The molecule has 0 unspecified atom stereocenters. The minimum atomic E-state index is -1.79. The lowest BCUT2D eigenvalue weighted by atomic mass is 10.3. The molecule has 1 rings (SSSR count). The van der Waals surface area contributed by atoms with E-state index >= 15 is 0 Å². The van der Waals surface area contributed by atoms with Crippen LogP contribution in [0.25, 0.3) is 0 Å². The van der Waals surface area contributed by atoms with Gasteiger partial charge in [-0.25, -0.2) is 8.78 Å². The molecule has 0 amide bonds. The Balaban J connectivity index is 1.74. The molecule has 0 saturated carbocycles. The van der Waals surface area contributed by atoms with E-state index in [-0.39, 0.29) is 25.9 Å². The van der Waals surface area contributed by atoms with Gasteiger partial charge in [-0.15, -0.1) is 0 Å². The molecule has 0 aromatic heterocycles. The lowest BCUT2D eigenvalue weighted by Gasteiger charge is -2.09. The molecule has 1 aromatic rings. The number of hydrogen-bond donors (Lipinski definition) is 1. The van der Waals surface area contributed by atoms with Crippen molar-refractivity contribution in [1.82, 2.24) is 0 Å². The fourth-order valence-electron chi connectivity index (χ4n) is 3.13. The SMILES string of the molecule is NCCOCCOCCOCCOCCOCCOCCOCCOCCOCCOCCC(=O)Oc1c(F)c(F)cc(F)c1F. The first-order valence-electron chi connectivity index (χ1n) is 15.0. The summed E-state index contributed by atoms with van der Waals surface area (Å²) < 4.78 is 111. The van der Waals surface area contributed by atoms with Crippen LogP contribution in [0.2, 0.25) is 0 Å². The maximum absolute atomic E-state index is 13.5. The molecule has 0 saturated heterocycles. The van der Waals surface area contributed by atoms with Crippen molar-refractivity contribution in [2.45, 2.75) is 6.42 Å². The van der Waals surface area contributed by atoms with Crippen LogP contribution in [0.5, 0.6) is 5.75 Å². The number of esters is 1. The van der Waals surface area contributed by atoms with Crippen LogP contribution < -0.4 is 10.5 Å². The van der Waals surface area contributed by atoms with Crippen LogP contribution in [0.1, 0.15) is 6.42 Å². The Labute approximate surface area is 266 Å². The zero-order valence-electron chi connectivity index (χ0n) is 26.1. The Kier molecular flexibility index (Phi) is 27.7. The molecule has 0 spiro atoms. The number of nitrogens with two attached hydrogens (primary N) is 1. The fraction of sp³-hybridized carbons (Fsp3) is 0.759. The van der Waals surface area contributed by atoms with Crippen molar-refractivity contribution in [3.8, 4) is 5.75 Å². The number of hydrogen-bond acceptors (Lipinski definition) is 13. The Morgan fingerprint density at radius 3 is 1.00 bits per heavy atom. The van der Waals surface area contributed by atoms with Crippen molar-refractivity contribution in [2.24, 2.45) is 5.73 Å². The Morgan fingerprint density at radius 2 is 0.717 bits per heavy atom. The van der Waals surface area contributed by atoms with Crippen LogP contribution >= 0.6 is 0 Å². The second kappa shape index (κ2) is 30.3. The van der Waals surface area contributed by atoms with Gasteiger partial charge in [0.15, 0.2) is 11.6 Å². The zero-order chi connectivity index (χ0) is 33.5. The van der Waals surface area contributed by atoms with Gasteiger partial charge in [0, 0.05) is 12.6 Å². The lowest BCUT2D eigenvalue weighted by molar-refractivity contribution is -0.136. The minimum absolute atomic E-state index is 0.0179. The molecule has 0 bridgehead atoms. The normalized spacial score (nSPS) is 11.4. The number of carbonyl (C=O) groups excluding carboxylic acids is 1. The van der Waals surface area contributed by atoms with E-state index in [9.17, 15) is 22.4 Å². The second-order valence-electron chi connectivity index (χ2n) is 8.93. The molecule has 46 heavy (non-hydrogen) atoms. The van der Waals surface area contributed by atoms with Crippen LogP contribution in [-0.2, 0) is 52.2 Å². The third-order valence-corrected chi connectivity index (χ3v) is 5.35. The van der Waals surface area contributed by atoms with Crippen LogP contribution in [-0.4, -0.2) is 145 Å². The summed E-state index contributed by atoms with van der Waals surface area (Å²) in [5, 5.41) is 0. The van der Waals surface area contributed by atoms with E-state index in [4.69, 9.17) is 53.1 Å². The number of rotatable bonds is 33. The van der Waals surface area contributed by atoms with Crippen molar-refractivity contribution < 1.29 is 74.5 Å². The summed E-state index contributed by atoms with van der Waals surface area (Å²) in [6, 6.07) is 0.0179. The van der Waals surface area contributed by atoms with Crippen molar-refractivity contribution in [3.05, 3.63) is 29.3 Å². The van der Waals surface area contributed by atoms with Crippen LogP contribution in [0, 0.1) is 23.3 Å². The Hall–Kier alpha value is -2.03. The molecule has 17 heteroatoms. The van der Waals surface area contributed by atoms with Gasteiger partial charge in [0.1, 0.15) is 0 Å². The summed E-state index contributed by atoms with van der Waals surface area (Å²) in [6.45, 7) is 8.35. The quantitative estimate of drug-likeness (QED) is 0.0379. The summed E-state index contributed by atoms with van der Waals surface area (Å²) >= 11 is 0. The molecular weight excluding hydrogens is 630 g/mol. The second-order valence-corrected chi connectivity index (χ2v) is 8.93. The summed E-state index contributed by atoms with van der Waals surface area (Å²) in [7, 11) is 0. The van der Waals surface area contributed by atoms with Gasteiger partial charge in [-0.2, -0.15) is 8.78 Å². The average Bonchev–Trinajstić information content (AvgIpc) is 3.04. The predicted molar refractivity (Wildman–Crippen MR) is 154 cm³/mol. The van der Waals surface area contributed by atoms with Gasteiger partial charge in [-0.05, 0) is 0 Å². The van der Waals surface area contributed by atoms with Crippen molar-refractivity contribution in [3.63, 3.8) is 0 Å². The van der Waals surface area contributed by atoms with Gasteiger partial charge in [-0.1, -0.05) is 0 Å². The summed E-state index contributed by atoms with van der Waals surface area (Å²) in [6.07, 6.45) is -0.391. The summed E-state index contributed by atoms with van der Waals surface area (Å²) in [5.41, 5.74) is 5.31. The third-order valence-electron chi connectivity index (χ3n) is 5.35. The highest BCUT2D eigenvalue weighted by Gasteiger charge is 2.22. The Bertz CT molecular complexity index is 865. The first-order valence-corrected chi connectivity index (χ1v) is 15.0. The molecule has 13 nitrogen and oxygen atoms in total. The van der Waals surface area contributed by atoms with Gasteiger partial charge in [-0.3, -0.25) is 4.79 Å². The van der Waals surface area contributed by atoms with Gasteiger partial charge in [0.05, 0.1) is 139 Å². The molecule has 0 aliphatic rings. The molecule has 0 heterocycles. The fourth-order valence-corrected chi connectivity index (χ4v) is 3.13. The van der Waals surface area contributed by atoms with Gasteiger partial charge in [0.2, 0.25) is 17.4 Å². The van der Waals surface area contributed by atoms with E-state index in [1.54, 1.807) is 0 Å². The first-order chi connectivity index (χ1) is 22.5. The number of carbonyl (C=O) groups is 1. The highest BCUT2D eigenvalue weighted by Crippen LogP contribution is 2.26. The number of benzene rings is 1. The summed E-state index contributed by atoms with van der Waals surface area (Å²) in [4.78, 5) is 11.6. The highest BCUT2D eigenvalue weighted by atomic mass is 19.2. The molecule has 268 valence electrons. The minimum Gasteiger partial charge on any atom is -0.420 e. The smallest absolute Gasteiger partial charge is 0.313 e. The first kappa shape index (κ1) is 42.0. The molecule has 2 N–H and O–H groups in total. The molecule has 0 aliphatic carbocycles. The van der Waals surface area contributed by atoms with Crippen molar-refractivity contribution in [2.75, 3.05) is 139 Å². The lowest BCUT2D eigenvalue weighted by Crippen LogP contribution is -2.16. The van der Waals surface area contributed by atoms with Crippen molar-refractivity contribution in [1.29, 1.82) is 0 Å². The topological polar surface area (TPSA) is 145 Å². The third kappa shape index (κ3) is 23.3. The van der Waals surface area contributed by atoms with Crippen LogP contribution in [0.15, 0.2) is 6.07 Å². The van der Waals surface area contributed by atoms with Gasteiger partial charge >= 0.3 is 5.97 Å². The number of halogens is 4. The van der Waals surface area contributed by atoms with Gasteiger partial charge < -0.3 is 57.8 Å². The van der Waals surface area contributed by atoms with Crippen LogP contribution in [0.4, 0.5) is 17.6 Å². The standard InChI is InChI=1S/C29H47F4NO12/c30-24-23-25(31)28(33)29(27(24)32)46-26(35)1-3-36-5-7-38-9-11-40-13-15-42-17-19-44-21-22-45-20-18-43-16-14-41-12-10-39-8-6-37-4-2-34/h23H,1-22,34H2. The predicted octanol–water partition coefficient (Wildman–Crippen LogP) is 1.66. The Morgan fingerprint density at radius 1 is 0.457 bits per heavy atom. The van der Waals surface area contributed by atoms with Crippen LogP contribution in [0.3, 0.4) is 0 Å². The van der Waals surface area contributed by atoms with E-state index in [1.807, 2.05) is 0 Å². The molecule has 0 fully saturated rings. The van der Waals surface area contributed by atoms with E-state index in [0.717, 1.165) is 0 Å². The van der Waals surface area contributed by atoms with E-state index in [1.165, 1.54) is 0 Å².